The molecule has 0 aliphatic carbocycles. The molecule has 1 N–H and O–H groups in total. The maximum Gasteiger partial charge on any atom is 0.265 e. The predicted octanol–water partition coefficient (Wildman–Crippen LogP) is 4.27. The van der Waals surface area contributed by atoms with E-state index in [1.54, 1.807) is 49.4 Å². The van der Waals surface area contributed by atoms with Crippen LogP contribution in [0.5, 0.6) is 5.75 Å². The van der Waals surface area contributed by atoms with Crippen molar-refractivity contribution in [2.45, 2.75) is 13.0 Å². The Morgan fingerprint density at radius 2 is 1.77 bits per heavy atom. The van der Waals surface area contributed by atoms with Gasteiger partial charge in [0.15, 0.2) is 6.10 Å². The van der Waals surface area contributed by atoms with Gasteiger partial charge in [-0.05, 0) is 49.4 Å². The van der Waals surface area contributed by atoms with Crippen LogP contribution in [0.25, 0.3) is 0 Å². The van der Waals surface area contributed by atoms with Crippen LogP contribution < -0.4 is 10.1 Å². The third-order valence-electron chi connectivity index (χ3n) is 2.80. The summed E-state index contributed by atoms with van der Waals surface area (Å²) in [4.78, 5) is 12.1. The van der Waals surface area contributed by atoms with Crippen LogP contribution in [0.2, 0.25) is 10.0 Å². The summed E-state index contributed by atoms with van der Waals surface area (Å²) >= 11 is 11.8. The highest BCUT2D eigenvalue weighted by Gasteiger charge is 2.15. The first-order valence-electron chi connectivity index (χ1n) is 6.41. The van der Waals surface area contributed by atoms with E-state index in [0.29, 0.717) is 27.0 Å². The van der Waals surface area contributed by atoms with Crippen molar-refractivity contribution in [3.63, 3.8) is 0 Å². The summed E-state index contributed by atoms with van der Waals surface area (Å²) in [5, 5.41) is 12.3. The van der Waals surface area contributed by atoms with Gasteiger partial charge in [-0.1, -0.05) is 23.2 Å². The molecule has 0 radical (unpaired) electrons. The zero-order valence-corrected chi connectivity index (χ0v) is 13.2. The molecular weight excluding hydrogens is 323 g/mol. The van der Waals surface area contributed by atoms with Gasteiger partial charge in [0.1, 0.15) is 5.75 Å². The molecule has 0 fully saturated rings. The standard InChI is InChI=1S/C16H12Cl2N2O2/c1-10(22-15-4-2-11(9-19)3-5-15)16(21)20-14-7-12(17)6-13(18)8-14/h2-8,10H,1H3,(H,20,21)/t10-/m0/s1. The van der Waals surface area contributed by atoms with Gasteiger partial charge in [-0.25, -0.2) is 0 Å². The number of benzene rings is 2. The lowest BCUT2D eigenvalue weighted by molar-refractivity contribution is -0.122. The number of ether oxygens (including phenoxy) is 1. The fourth-order valence-corrected chi connectivity index (χ4v) is 2.26. The molecule has 6 heteroatoms. The Morgan fingerprint density at radius 1 is 1.18 bits per heavy atom. The van der Waals surface area contributed by atoms with Crippen molar-refractivity contribution in [2.75, 3.05) is 5.32 Å². The Kier molecular flexibility index (Phi) is 5.26. The molecule has 0 aliphatic heterocycles. The quantitative estimate of drug-likeness (QED) is 0.907. The lowest BCUT2D eigenvalue weighted by Gasteiger charge is -2.15. The summed E-state index contributed by atoms with van der Waals surface area (Å²) < 4.78 is 5.52. The largest absolute Gasteiger partial charge is 0.481 e. The Labute approximate surface area is 138 Å². The molecule has 1 atom stereocenters. The second-order valence-electron chi connectivity index (χ2n) is 4.54. The minimum atomic E-state index is -0.717. The molecule has 0 bridgehead atoms. The maximum absolute atomic E-state index is 12.1. The van der Waals surface area contributed by atoms with E-state index < -0.39 is 6.10 Å². The number of carbonyl (C=O) groups is 1. The van der Waals surface area contributed by atoms with Gasteiger partial charge in [0.25, 0.3) is 5.91 Å². The van der Waals surface area contributed by atoms with Gasteiger partial charge in [-0.3, -0.25) is 4.79 Å². The molecule has 0 saturated carbocycles. The number of anilines is 1. The highest BCUT2D eigenvalue weighted by Crippen LogP contribution is 2.23. The van der Waals surface area contributed by atoms with Gasteiger partial charge in [0.05, 0.1) is 11.6 Å². The van der Waals surface area contributed by atoms with Crippen molar-refractivity contribution in [1.29, 1.82) is 5.26 Å². The van der Waals surface area contributed by atoms with Crippen LogP contribution in [0, 0.1) is 11.3 Å². The number of nitrogens with zero attached hydrogens (tertiary/aromatic N) is 1. The number of hydrogen-bond acceptors (Lipinski definition) is 3. The van der Waals surface area contributed by atoms with E-state index in [-0.39, 0.29) is 5.91 Å². The van der Waals surface area contributed by atoms with Crippen molar-refractivity contribution in [2.24, 2.45) is 0 Å². The SMILES string of the molecule is C[C@H](Oc1ccc(C#N)cc1)C(=O)Nc1cc(Cl)cc(Cl)c1. The second-order valence-corrected chi connectivity index (χ2v) is 5.42. The molecule has 2 aromatic rings. The van der Waals surface area contributed by atoms with Gasteiger partial charge in [0.2, 0.25) is 0 Å². The van der Waals surface area contributed by atoms with E-state index in [2.05, 4.69) is 5.32 Å². The van der Waals surface area contributed by atoms with Gasteiger partial charge in [-0.2, -0.15) is 5.26 Å². The minimum Gasteiger partial charge on any atom is -0.481 e. The Bertz CT molecular complexity index is 704. The van der Waals surface area contributed by atoms with Crippen LogP contribution in [-0.2, 0) is 4.79 Å². The summed E-state index contributed by atoms with van der Waals surface area (Å²) in [6.07, 6.45) is -0.717. The summed E-state index contributed by atoms with van der Waals surface area (Å²) in [7, 11) is 0. The predicted molar refractivity (Wildman–Crippen MR) is 86.3 cm³/mol. The van der Waals surface area contributed by atoms with Crippen molar-refractivity contribution in [3.05, 3.63) is 58.1 Å². The average Bonchev–Trinajstić information content (AvgIpc) is 2.46. The highest BCUT2D eigenvalue weighted by atomic mass is 35.5. The van der Waals surface area contributed by atoms with E-state index in [9.17, 15) is 4.79 Å². The molecule has 2 rings (SSSR count). The van der Waals surface area contributed by atoms with Gasteiger partial charge < -0.3 is 10.1 Å². The zero-order valence-electron chi connectivity index (χ0n) is 11.6. The lowest BCUT2D eigenvalue weighted by Crippen LogP contribution is -2.30. The Hall–Kier alpha value is -2.22. The van der Waals surface area contributed by atoms with Crippen LogP contribution in [0.3, 0.4) is 0 Å². The van der Waals surface area contributed by atoms with Gasteiger partial charge in [0, 0.05) is 15.7 Å². The molecule has 2 aromatic carbocycles. The molecule has 0 aliphatic rings. The number of hydrogen-bond donors (Lipinski definition) is 1. The molecule has 0 saturated heterocycles. The third kappa shape index (κ3) is 4.39. The molecule has 1 amide bonds. The number of nitriles is 1. The van der Waals surface area contributed by atoms with Crippen molar-refractivity contribution in [1.82, 2.24) is 0 Å². The molecule has 0 aromatic heterocycles. The van der Waals surface area contributed by atoms with Crippen LogP contribution in [0.1, 0.15) is 12.5 Å². The Morgan fingerprint density at radius 3 is 2.32 bits per heavy atom. The fourth-order valence-electron chi connectivity index (χ4n) is 1.74. The molecule has 0 heterocycles. The maximum atomic E-state index is 12.1. The molecule has 22 heavy (non-hydrogen) atoms. The van der Waals surface area contributed by atoms with E-state index in [1.165, 1.54) is 0 Å². The molecule has 112 valence electrons. The molecular formula is C16H12Cl2N2O2. The number of rotatable bonds is 4. The van der Waals surface area contributed by atoms with Crippen molar-refractivity contribution in [3.8, 4) is 11.8 Å². The lowest BCUT2D eigenvalue weighted by atomic mass is 10.2. The third-order valence-corrected chi connectivity index (χ3v) is 3.23. The first-order valence-corrected chi connectivity index (χ1v) is 7.17. The molecule has 0 unspecified atom stereocenters. The number of amides is 1. The van der Waals surface area contributed by atoms with Crippen LogP contribution in [-0.4, -0.2) is 12.0 Å². The topological polar surface area (TPSA) is 62.1 Å². The van der Waals surface area contributed by atoms with Crippen LogP contribution >= 0.6 is 23.2 Å². The number of carbonyl (C=O) groups excluding carboxylic acids is 1. The van der Waals surface area contributed by atoms with Gasteiger partial charge >= 0.3 is 0 Å². The van der Waals surface area contributed by atoms with Crippen LogP contribution in [0.4, 0.5) is 5.69 Å². The summed E-state index contributed by atoms with van der Waals surface area (Å²) in [6, 6.07) is 13.3. The average molecular weight is 335 g/mol. The number of nitrogens with one attached hydrogen (secondary N) is 1. The first kappa shape index (κ1) is 16.2. The minimum absolute atomic E-state index is 0.331. The normalized spacial score (nSPS) is 11.4. The fraction of sp³-hybridized carbons (Fsp3) is 0.125. The number of halogens is 2. The zero-order chi connectivity index (χ0) is 16.1. The smallest absolute Gasteiger partial charge is 0.265 e. The summed E-state index contributed by atoms with van der Waals surface area (Å²) in [5.74, 6) is 0.175. The first-order chi connectivity index (χ1) is 10.5. The van der Waals surface area contributed by atoms with Crippen LogP contribution in [0.15, 0.2) is 42.5 Å². The summed E-state index contributed by atoms with van der Waals surface area (Å²) in [6.45, 7) is 1.62. The second kappa shape index (κ2) is 7.17. The van der Waals surface area contributed by atoms with Gasteiger partial charge in [-0.15, -0.1) is 0 Å². The van der Waals surface area contributed by atoms with E-state index in [4.69, 9.17) is 33.2 Å². The van der Waals surface area contributed by atoms with E-state index in [1.807, 2.05) is 6.07 Å². The van der Waals surface area contributed by atoms with Crippen molar-refractivity contribution < 1.29 is 9.53 Å². The Balaban J connectivity index is 2.00. The monoisotopic (exact) mass is 334 g/mol. The summed E-state index contributed by atoms with van der Waals surface area (Å²) in [5.41, 5.74) is 1.02. The highest BCUT2D eigenvalue weighted by molar-refractivity contribution is 6.35. The van der Waals surface area contributed by atoms with E-state index >= 15 is 0 Å². The molecule has 0 spiro atoms. The van der Waals surface area contributed by atoms with E-state index in [0.717, 1.165) is 0 Å². The van der Waals surface area contributed by atoms with Crippen molar-refractivity contribution >= 4 is 34.8 Å². The molecule has 4 nitrogen and oxygen atoms in total.